The SMILES string of the molecule is COc1cccc(N2C[C@@H](C(=O)Nc3cc(Cl)ccc3C)CC2=O)c1. The van der Waals surface area contributed by atoms with Gasteiger partial charge in [0.25, 0.3) is 0 Å². The maximum Gasteiger partial charge on any atom is 0.229 e. The van der Waals surface area contributed by atoms with Gasteiger partial charge >= 0.3 is 0 Å². The summed E-state index contributed by atoms with van der Waals surface area (Å²) in [7, 11) is 1.58. The first kappa shape index (κ1) is 17.3. The van der Waals surface area contributed by atoms with Crippen LogP contribution in [0.25, 0.3) is 0 Å². The number of carbonyl (C=O) groups is 2. The molecule has 0 aliphatic carbocycles. The van der Waals surface area contributed by atoms with Crippen LogP contribution in [0.2, 0.25) is 5.02 Å². The standard InChI is InChI=1S/C19H19ClN2O3/c1-12-6-7-14(20)9-17(12)21-19(24)13-8-18(23)22(11-13)15-4-3-5-16(10-15)25-2/h3-7,9-10,13H,8,11H2,1-2H3,(H,21,24)/t13-/m0/s1. The zero-order chi connectivity index (χ0) is 18.0. The number of carbonyl (C=O) groups excluding carboxylic acids is 2. The van der Waals surface area contributed by atoms with E-state index < -0.39 is 5.92 Å². The van der Waals surface area contributed by atoms with Crippen LogP contribution in [-0.2, 0) is 9.59 Å². The quantitative estimate of drug-likeness (QED) is 0.907. The Hall–Kier alpha value is -2.53. The van der Waals surface area contributed by atoms with Crippen molar-refractivity contribution < 1.29 is 14.3 Å². The van der Waals surface area contributed by atoms with E-state index in [1.165, 1.54) is 0 Å². The molecule has 2 aromatic rings. The minimum absolute atomic E-state index is 0.0729. The van der Waals surface area contributed by atoms with Crippen LogP contribution in [0.5, 0.6) is 5.75 Å². The Morgan fingerprint density at radius 1 is 1.28 bits per heavy atom. The molecule has 0 saturated carbocycles. The highest BCUT2D eigenvalue weighted by atomic mass is 35.5. The fourth-order valence-electron chi connectivity index (χ4n) is 2.87. The highest BCUT2D eigenvalue weighted by molar-refractivity contribution is 6.31. The maximum absolute atomic E-state index is 12.6. The average molecular weight is 359 g/mol. The van der Waals surface area contributed by atoms with Crippen molar-refractivity contribution in [1.29, 1.82) is 0 Å². The first-order valence-electron chi connectivity index (χ1n) is 7.99. The number of halogens is 1. The summed E-state index contributed by atoms with van der Waals surface area (Å²) in [5.41, 5.74) is 2.33. The number of aryl methyl sites for hydroxylation is 1. The Morgan fingerprint density at radius 2 is 2.08 bits per heavy atom. The van der Waals surface area contributed by atoms with E-state index in [0.29, 0.717) is 23.0 Å². The van der Waals surface area contributed by atoms with E-state index in [-0.39, 0.29) is 18.2 Å². The number of ether oxygens (including phenoxy) is 1. The van der Waals surface area contributed by atoms with Crippen LogP contribution in [0.4, 0.5) is 11.4 Å². The third kappa shape index (κ3) is 3.77. The third-order valence-corrected chi connectivity index (χ3v) is 4.55. The minimum Gasteiger partial charge on any atom is -0.497 e. The third-order valence-electron chi connectivity index (χ3n) is 4.32. The number of nitrogens with zero attached hydrogens (tertiary/aromatic N) is 1. The van der Waals surface area contributed by atoms with E-state index >= 15 is 0 Å². The summed E-state index contributed by atoms with van der Waals surface area (Å²) < 4.78 is 5.20. The second-order valence-electron chi connectivity index (χ2n) is 6.06. The molecule has 2 aromatic carbocycles. The van der Waals surface area contributed by atoms with Crippen molar-refractivity contribution in [3.05, 3.63) is 53.1 Å². The Labute approximate surface area is 151 Å². The maximum atomic E-state index is 12.6. The number of anilines is 2. The molecule has 0 aromatic heterocycles. The zero-order valence-electron chi connectivity index (χ0n) is 14.1. The van der Waals surface area contributed by atoms with Crippen molar-refractivity contribution in [1.82, 2.24) is 0 Å². The molecule has 2 amide bonds. The van der Waals surface area contributed by atoms with Crippen molar-refractivity contribution in [2.45, 2.75) is 13.3 Å². The molecule has 6 heteroatoms. The van der Waals surface area contributed by atoms with Crippen molar-refractivity contribution in [2.24, 2.45) is 5.92 Å². The van der Waals surface area contributed by atoms with Gasteiger partial charge < -0.3 is 15.0 Å². The summed E-state index contributed by atoms with van der Waals surface area (Å²) in [4.78, 5) is 26.5. The lowest BCUT2D eigenvalue weighted by Crippen LogP contribution is -2.28. The number of benzene rings is 2. The summed E-state index contributed by atoms with van der Waals surface area (Å²) in [5, 5.41) is 3.44. The van der Waals surface area contributed by atoms with Gasteiger partial charge in [0.1, 0.15) is 5.75 Å². The fraction of sp³-hybridized carbons (Fsp3) is 0.263. The second-order valence-corrected chi connectivity index (χ2v) is 6.49. The molecule has 0 bridgehead atoms. The second kappa shape index (κ2) is 7.15. The van der Waals surface area contributed by atoms with Crippen LogP contribution in [0, 0.1) is 12.8 Å². The highest BCUT2D eigenvalue weighted by Gasteiger charge is 2.35. The van der Waals surface area contributed by atoms with Crippen LogP contribution in [0.1, 0.15) is 12.0 Å². The molecule has 1 aliphatic rings. The monoisotopic (exact) mass is 358 g/mol. The van der Waals surface area contributed by atoms with Gasteiger partial charge in [0.05, 0.1) is 13.0 Å². The lowest BCUT2D eigenvalue weighted by Gasteiger charge is -2.17. The van der Waals surface area contributed by atoms with Gasteiger partial charge in [-0.2, -0.15) is 0 Å². The summed E-state index contributed by atoms with van der Waals surface area (Å²) in [6.07, 6.45) is 0.183. The van der Waals surface area contributed by atoms with Crippen molar-refractivity contribution in [3.8, 4) is 5.75 Å². The van der Waals surface area contributed by atoms with Gasteiger partial charge in [-0.15, -0.1) is 0 Å². The van der Waals surface area contributed by atoms with E-state index in [0.717, 1.165) is 11.3 Å². The number of rotatable bonds is 4. The molecular weight excluding hydrogens is 340 g/mol. The predicted molar refractivity (Wildman–Crippen MR) is 98.3 cm³/mol. The summed E-state index contributed by atoms with van der Waals surface area (Å²) in [6, 6.07) is 12.6. The largest absolute Gasteiger partial charge is 0.497 e. The summed E-state index contributed by atoms with van der Waals surface area (Å²) in [5.74, 6) is 0.0187. The van der Waals surface area contributed by atoms with Gasteiger partial charge in [-0.25, -0.2) is 0 Å². The van der Waals surface area contributed by atoms with E-state index in [2.05, 4.69) is 5.32 Å². The van der Waals surface area contributed by atoms with E-state index in [1.54, 1.807) is 30.2 Å². The molecule has 1 aliphatic heterocycles. The van der Waals surface area contributed by atoms with Crippen LogP contribution >= 0.6 is 11.6 Å². The smallest absolute Gasteiger partial charge is 0.229 e. The molecule has 25 heavy (non-hydrogen) atoms. The minimum atomic E-state index is -0.405. The van der Waals surface area contributed by atoms with Crippen molar-refractivity contribution in [3.63, 3.8) is 0 Å². The molecule has 1 N–H and O–H groups in total. The van der Waals surface area contributed by atoms with Gasteiger partial charge in [0, 0.05) is 35.4 Å². The normalized spacial score (nSPS) is 16.8. The van der Waals surface area contributed by atoms with Gasteiger partial charge in [0.2, 0.25) is 11.8 Å². The average Bonchev–Trinajstić information content (AvgIpc) is 3.00. The summed E-state index contributed by atoms with van der Waals surface area (Å²) in [6.45, 7) is 2.24. The van der Waals surface area contributed by atoms with E-state index in [9.17, 15) is 9.59 Å². The topological polar surface area (TPSA) is 58.6 Å². The Balaban J connectivity index is 1.73. The first-order valence-corrected chi connectivity index (χ1v) is 8.37. The lowest BCUT2D eigenvalue weighted by atomic mass is 10.1. The molecular formula is C19H19ClN2O3. The molecule has 5 nitrogen and oxygen atoms in total. The van der Waals surface area contributed by atoms with Crippen LogP contribution in [0.3, 0.4) is 0 Å². The molecule has 1 saturated heterocycles. The Bertz CT molecular complexity index is 822. The van der Waals surface area contributed by atoms with Gasteiger partial charge in [-0.1, -0.05) is 23.7 Å². The molecule has 1 heterocycles. The highest BCUT2D eigenvalue weighted by Crippen LogP contribution is 2.29. The number of methoxy groups -OCH3 is 1. The first-order chi connectivity index (χ1) is 12.0. The Kier molecular flexibility index (Phi) is 4.95. The van der Waals surface area contributed by atoms with Crippen LogP contribution in [-0.4, -0.2) is 25.5 Å². The Morgan fingerprint density at radius 3 is 2.84 bits per heavy atom. The van der Waals surface area contributed by atoms with Crippen LogP contribution in [0.15, 0.2) is 42.5 Å². The molecule has 130 valence electrons. The molecule has 3 rings (SSSR count). The molecule has 0 spiro atoms. The zero-order valence-corrected chi connectivity index (χ0v) is 14.8. The van der Waals surface area contributed by atoms with Crippen molar-refractivity contribution in [2.75, 3.05) is 23.9 Å². The van der Waals surface area contributed by atoms with Gasteiger partial charge in [-0.05, 0) is 36.8 Å². The van der Waals surface area contributed by atoms with Gasteiger partial charge in [-0.3, -0.25) is 9.59 Å². The van der Waals surface area contributed by atoms with Crippen molar-refractivity contribution >= 4 is 34.8 Å². The van der Waals surface area contributed by atoms with E-state index in [4.69, 9.17) is 16.3 Å². The lowest BCUT2D eigenvalue weighted by molar-refractivity contribution is -0.122. The predicted octanol–water partition coefficient (Wildman–Crippen LogP) is 3.65. The molecule has 0 unspecified atom stereocenters. The van der Waals surface area contributed by atoms with E-state index in [1.807, 2.05) is 31.2 Å². The number of nitrogens with one attached hydrogen (secondary N) is 1. The number of hydrogen-bond donors (Lipinski definition) is 1. The van der Waals surface area contributed by atoms with Gasteiger partial charge in [0.15, 0.2) is 0 Å². The molecule has 1 atom stereocenters. The molecule has 1 fully saturated rings. The van der Waals surface area contributed by atoms with Crippen LogP contribution < -0.4 is 15.0 Å². The fourth-order valence-corrected chi connectivity index (χ4v) is 3.05. The number of amides is 2. The summed E-state index contributed by atoms with van der Waals surface area (Å²) >= 11 is 5.99. The molecule has 0 radical (unpaired) electrons. The number of hydrogen-bond acceptors (Lipinski definition) is 3.